The lowest BCUT2D eigenvalue weighted by Crippen LogP contribution is -2.43. The number of H-pyrrole nitrogens is 1. The van der Waals surface area contributed by atoms with Gasteiger partial charge in [0.2, 0.25) is 0 Å². The van der Waals surface area contributed by atoms with E-state index in [4.69, 9.17) is 22.7 Å². The van der Waals surface area contributed by atoms with Crippen LogP contribution in [-0.4, -0.2) is 53.5 Å². The van der Waals surface area contributed by atoms with Gasteiger partial charge in [-0.2, -0.15) is 4.98 Å². The minimum atomic E-state index is -0.515. The van der Waals surface area contributed by atoms with Crippen LogP contribution in [-0.2, 0) is 20.0 Å². The van der Waals surface area contributed by atoms with Crippen molar-refractivity contribution in [3.8, 4) is 16.9 Å². The molecule has 1 aliphatic rings. The fourth-order valence-electron chi connectivity index (χ4n) is 7.23. The Balaban J connectivity index is 1.27. The molecule has 10 nitrogen and oxygen atoms in total. The van der Waals surface area contributed by atoms with Crippen molar-refractivity contribution < 1.29 is 4.39 Å². The van der Waals surface area contributed by atoms with Gasteiger partial charge in [0.1, 0.15) is 5.65 Å². The van der Waals surface area contributed by atoms with Crippen LogP contribution in [0.15, 0.2) is 59.8 Å². The van der Waals surface area contributed by atoms with Gasteiger partial charge in [-0.05, 0) is 107 Å². The molecule has 5 N–H and O–H groups in total. The Kier molecular flexibility index (Phi) is 10.9. The Labute approximate surface area is 297 Å². The van der Waals surface area contributed by atoms with Crippen LogP contribution in [0.3, 0.4) is 0 Å². The van der Waals surface area contributed by atoms with Crippen LogP contribution in [0.1, 0.15) is 80.9 Å². The standard InChI is InChI=1S/C38H47ClFN9O/c1-23(41)7-5-8-26-17-31(36(40)32(39)18-26)33-19-28-20-49(38(50)46-37(28)45-33)30-13-11-27(12-14-30)34-10-6-9-29(15-16-43-25(3)42)48(34)21-35-24(2)44-22-47(35)4/h11-14,17-20,22-23,29,34H,5-10,15-16,21,41H2,1-4H3,(H2,42,43)(H,45,46,50)/t23-,29-,34-/m0/s1. The quantitative estimate of drug-likeness (QED) is 0.0822. The van der Waals surface area contributed by atoms with Crippen molar-refractivity contribution in [1.82, 2.24) is 34.3 Å². The first kappa shape index (κ1) is 35.5. The lowest BCUT2D eigenvalue weighted by atomic mass is 9.89. The highest BCUT2D eigenvalue weighted by Crippen LogP contribution is 2.37. The number of benzene rings is 2. The number of nitrogens with zero attached hydrogens (tertiary/aromatic N) is 5. The van der Waals surface area contributed by atoms with Gasteiger partial charge in [-0.3, -0.25) is 14.9 Å². The van der Waals surface area contributed by atoms with E-state index in [0.29, 0.717) is 39.9 Å². The van der Waals surface area contributed by atoms with Gasteiger partial charge < -0.3 is 20.6 Å². The molecule has 0 radical (unpaired) electrons. The first-order valence-corrected chi connectivity index (χ1v) is 17.8. The number of amidine groups is 1. The van der Waals surface area contributed by atoms with Gasteiger partial charge >= 0.3 is 5.69 Å². The largest absolute Gasteiger partial charge is 0.374 e. The second-order valence-corrected chi connectivity index (χ2v) is 14.2. The Morgan fingerprint density at radius 3 is 2.70 bits per heavy atom. The average Bonchev–Trinajstić information content (AvgIpc) is 3.63. The number of aromatic amines is 1. The summed E-state index contributed by atoms with van der Waals surface area (Å²) in [5, 5.41) is 11.7. The maximum atomic E-state index is 15.3. The van der Waals surface area contributed by atoms with E-state index in [2.05, 4.69) is 48.8 Å². The van der Waals surface area contributed by atoms with Crippen molar-refractivity contribution in [1.29, 1.82) is 5.41 Å². The molecule has 3 aromatic heterocycles. The van der Waals surface area contributed by atoms with Crippen LogP contribution >= 0.6 is 11.6 Å². The van der Waals surface area contributed by atoms with E-state index in [9.17, 15) is 4.79 Å². The lowest BCUT2D eigenvalue weighted by Gasteiger charge is -2.43. The summed E-state index contributed by atoms with van der Waals surface area (Å²) >= 11 is 6.31. The zero-order valence-electron chi connectivity index (χ0n) is 29.3. The lowest BCUT2D eigenvalue weighted by molar-refractivity contribution is 0.0670. The van der Waals surface area contributed by atoms with E-state index in [-0.39, 0.29) is 17.1 Å². The van der Waals surface area contributed by atoms with Gasteiger partial charge in [-0.1, -0.05) is 23.7 Å². The third kappa shape index (κ3) is 7.85. The Morgan fingerprint density at radius 2 is 2.00 bits per heavy atom. The van der Waals surface area contributed by atoms with Gasteiger partial charge in [0.25, 0.3) is 0 Å². The molecule has 2 aromatic carbocycles. The summed E-state index contributed by atoms with van der Waals surface area (Å²) in [6.45, 7) is 7.34. The SMILES string of the molecule is CC(=N)NCC[C@@H]1CCC[C@@H](c2ccc(-n3cc4cc(-c5cc(CCC[C@H](C)N)cc(Cl)c5F)[nH]c4nc3=O)cc2)N1Cc1c(C)ncn1C. The summed E-state index contributed by atoms with van der Waals surface area (Å²) in [6.07, 6.45) is 10.3. The molecular formula is C38H47ClFN9O. The number of halogens is 2. The van der Waals surface area contributed by atoms with E-state index in [1.807, 2.05) is 38.5 Å². The third-order valence-electron chi connectivity index (χ3n) is 9.92. The second kappa shape index (κ2) is 15.3. The number of hydrogen-bond acceptors (Lipinski definition) is 6. The van der Waals surface area contributed by atoms with Crippen LogP contribution < -0.4 is 16.7 Å². The van der Waals surface area contributed by atoms with Crippen LogP contribution in [0.4, 0.5) is 4.39 Å². The van der Waals surface area contributed by atoms with Crippen molar-refractivity contribution in [2.24, 2.45) is 12.8 Å². The van der Waals surface area contributed by atoms with Crippen molar-refractivity contribution in [3.05, 3.63) is 98.8 Å². The van der Waals surface area contributed by atoms with Crippen molar-refractivity contribution in [2.75, 3.05) is 6.54 Å². The van der Waals surface area contributed by atoms with E-state index in [0.717, 1.165) is 69.3 Å². The molecule has 0 spiro atoms. The Morgan fingerprint density at radius 1 is 1.22 bits per heavy atom. The molecule has 0 bridgehead atoms. The number of imidazole rings is 1. The molecule has 1 fully saturated rings. The van der Waals surface area contributed by atoms with E-state index in [1.165, 1.54) is 15.8 Å². The number of aryl methyl sites for hydroxylation is 3. The van der Waals surface area contributed by atoms with E-state index < -0.39 is 11.5 Å². The van der Waals surface area contributed by atoms with Gasteiger partial charge in [0.05, 0.1) is 40.0 Å². The number of fused-ring (bicyclic) bond motifs is 1. The smallest absolute Gasteiger partial charge is 0.354 e. The van der Waals surface area contributed by atoms with Gasteiger partial charge in [0, 0.05) is 55.4 Å². The summed E-state index contributed by atoms with van der Waals surface area (Å²) in [6, 6.07) is 14.1. The first-order chi connectivity index (χ1) is 24.0. The number of nitrogens with two attached hydrogens (primary N) is 1. The van der Waals surface area contributed by atoms with Crippen LogP contribution in [0.2, 0.25) is 5.02 Å². The fourth-order valence-corrected chi connectivity index (χ4v) is 7.48. The molecule has 0 unspecified atom stereocenters. The predicted octanol–water partition coefficient (Wildman–Crippen LogP) is 6.96. The number of likely N-dealkylation sites (tertiary alicyclic amines) is 1. The Hall–Kier alpha value is -4.32. The van der Waals surface area contributed by atoms with Crippen molar-refractivity contribution in [2.45, 2.75) is 90.4 Å². The second-order valence-electron chi connectivity index (χ2n) is 13.8. The summed E-state index contributed by atoms with van der Waals surface area (Å²) < 4.78 is 18.9. The van der Waals surface area contributed by atoms with Crippen molar-refractivity contribution in [3.63, 3.8) is 0 Å². The molecule has 12 heteroatoms. The molecule has 1 aliphatic heterocycles. The van der Waals surface area contributed by atoms with Crippen LogP contribution in [0.5, 0.6) is 0 Å². The minimum Gasteiger partial charge on any atom is -0.374 e. The molecule has 0 amide bonds. The number of hydrogen-bond donors (Lipinski definition) is 4. The summed E-state index contributed by atoms with van der Waals surface area (Å²) in [5.41, 5.74) is 11.8. The first-order valence-electron chi connectivity index (χ1n) is 17.5. The van der Waals surface area contributed by atoms with E-state index in [1.54, 1.807) is 25.3 Å². The van der Waals surface area contributed by atoms with Crippen LogP contribution in [0, 0.1) is 18.2 Å². The summed E-state index contributed by atoms with van der Waals surface area (Å²) in [5.74, 6) is -0.0334. The fraction of sp³-hybridized carbons (Fsp3) is 0.421. The zero-order valence-corrected chi connectivity index (χ0v) is 30.0. The molecule has 3 atom stereocenters. The molecule has 1 saturated heterocycles. The molecule has 50 heavy (non-hydrogen) atoms. The number of aromatic nitrogens is 5. The van der Waals surface area contributed by atoms with Gasteiger partial charge in [0.15, 0.2) is 5.82 Å². The predicted molar refractivity (Wildman–Crippen MR) is 199 cm³/mol. The van der Waals surface area contributed by atoms with Crippen LogP contribution in [0.25, 0.3) is 28.0 Å². The maximum absolute atomic E-state index is 15.3. The molecule has 4 heterocycles. The number of piperidine rings is 1. The molecule has 6 rings (SSSR count). The number of nitrogens with one attached hydrogen (secondary N) is 3. The highest BCUT2D eigenvalue weighted by atomic mass is 35.5. The topological polar surface area (TPSA) is 134 Å². The molecule has 0 saturated carbocycles. The van der Waals surface area contributed by atoms with Gasteiger partial charge in [-0.25, -0.2) is 14.2 Å². The normalized spacial score (nSPS) is 17.3. The van der Waals surface area contributed by atoms with Crippen molar-refractivity contribution >= 4 is 28.5 Å². The Bertz CT molecular complexity index is 2010. The molecular weight excluding hydrogens is 653 g/mol. The molecule has 5 aromatic rings. The molecule has 0 aliphatic carbocycles. The monoisotopic (exact) mass is 699 g/mol. The maximum Gasteiger partial charge on any atom is 0.354 e. The summed E-state index contributed by atoms with van der Waals surface area (Å²) in [7, 11) is 2.04. The highest BCUT2D eigenvalue weighted by Gasteiger charge is 2.32. The molecule has 264 valence electrons. The average molecular weight is 700 g/mol. The summed E-state index contributed by atoms with van der Waals surface area (Å²) in [4.78, 5) is 27.9. The van der Waals surface area contributed by atoms with E-state index >= 15 is 4.39 Å². The van der Waals surface area contributed by atoms with Gasteiger partial charge in [-0.15, -0.1) is 0 Å². The highest BCUT2D eigenvalue weighted by molar-refractivity contribution is 6.31. The number of rotatable bonds is 12. The third-order valence-corrected chi connectivity index (χ3v) is 10.2. The minimum absolute atomic E-state index is 0.0565. The zero-order chi connectivity index (χ0) is 35.5.